The second-order valence-electron chi connectivity index (χ2n) is 8.66. The Morgan fingerprint density at radius 3 is 2.72 bits per heavy atom. The molecule has 6 heteroatoms. The number of hydrogen-bond donors (Lipinski definition) is 3. The summed E-state index contributed by atoms with van der Waals surface area (Å²) in [6, 6.07) is 8.67. The largest absolute Gasteiger partial charge is 0.322 e. The number of hydrogen-bond acceptors (Lipinski definition) is 4. The number of carbonyl (C=O) groups excluding carboxylic acids is 1. The molecule has 2 heterocycles. The van der Waals surface area contributed by atoms with Crippen molar-refractivity contribution in [3.63, 3.8) is 0 Å². The molecular weight excluding hydrogens is 367 g/mol. The SMILES string of the molecule is C[C@H]1CN[C@@H](C(=O)Nc2cc(CC[C@@](N)(c3ccncc3)C3CC3)ccc2F)C1. The predicted octanol–water partition coefficient (Wildman–Crippen LogP) is 3.35. The molecule has 1 aliphatic heterocycles. The zero-order valence-corrected chi connectivity index (χ0v) is 16.8. The van der Waals surface area contributed by atoms with Gasteiger partial charge in [0.15, 0.2) is 0 Å². The molecule has 1 aromatic carbocycles. The first-order valence-electron chi connectivity index (χ1n) is 10.5. The third kappa shape index (κ3) is 4.49. The van der Waals surface area contributed by atoms with E-state index in [0.717, 1.165) is 49.8 Å². The Hall–Kier alpha value is -2.31. The summed E-state index contributed by atoms with van der Waals surface area (Å²) in [6.07, 6.45) is 8.09. The minimum absolute atomic E-state index is 0.173. The summed E-state index contributed by atoms with van der Waals surface area (Å²) in [6.45, 7) is 2.92. The van der Waals surface area contributed by atoms with E-state index < -0.39 is 11.4 Å². The number of aryl methyl sites for hydroxylation is 1. The van der Waals surface area contributed by atoms with E-state index in [2.05, 4.69) is 22.5 Å². The Labute approximate surface area is 171 Å². The van der Waals surface area contributed by atoms with Crippen molar-refractivity contribution in [2.45, 2.75) is 50.6 Å². The fourth-order valence-corrected chi connectivity index (χ4v) is 4.35. The highest BCUT2D eigenvalue weighted by Gasteiger charge is 2.43. The number of nitrogens with two attached hydrogens (primary N) is 1. The van der Waals surface area contributed by atoms with Gasteiger partial charge in [-0.3, -0.25) is 9.78 Å². The average molecular weight is 397 g/mol. The number of benzene rings is 1. The first-order chi connectivity index (χ1) is 14.0. The van der Waals surface area contributed by atoms with Gasteiger partial charge in [0.05, 0.1) is 11.7 Å². The maximum absolute atomic E-state index is 14.3. The molecule has 29 heavy (non-hydrogen) atoms. The van der Waals surface area contributed by atoms with Crippen LogP contribution in [0, 0.1) is 17.7 Å². The minimum Gasteiger partial charge on any atom is -0.322 e. The third-order valence-electron chi connectivity index (χ3n) is 6.31. The number of carbonyl (C=O) groups is 1. The van der Waals surface area contributed by atoms with Gasteiger partial charge in [-0.15, -0.1) is 0 Å². The molecular formula is C23H29FN4O. The van der Waals surface area contributed by atoms with E-state index in [1.165, 1.54) is 6.07 Å². The van der Waals surface area contributed by atoms with Crippen LogP contribution in [-0.4, -0.2) is 23.5 Å². The lowest BCUT2D eigenvalue weighted by atomic mass is 9.81. The van der Waals surface area contributed by atoms with Crippen molar-refractivity contribution in [3.05, 3.63) is 59.7 Å². The van der Waals surface area contributed by atoms with Crippen LogP contribution in [0.4, 0.5) is 10.1 Å². The molecule has 2 aliphatic rings. The summed E-state index contributed by atoms with van der Waals surface area (Å²) in [5, 5.41) is 5.95. The van der Waals surface area contributed by atoms with Gasteiger partial charge in [-0.05, 0) is 85.9 Å². The molecule has 1 aliphatic carbocycles. The van der Waals surface area contributed by atoms with Crippen molar-refractivity contribution in [1.82, 2.24) is 10.3 Å². The average Bonchev–Trinajstić information content (AvgIpc) is 3.50. The van der Waals surface area contributed by atoms with Crippen LogP contribution in [0.5, 0.6) is 0 Å². The first-order valence-corrected chi connectivity index (χ1v) is 10.5. The normalized spacial score (nSPS) is 23.6. The zero-order valence-electron chi connectivity index (χ0n) is 16.8. The van der Waals surface area contributed by atoms with Crippen LogP contribution in [0.2, 0.25) is 0 Å². The highest BCUT2D eigenvalue weighted by atomic mass is 19.1. The molecule has 0 radical (unpaired) electrons. The van der Waals surface area contributed by atoms with Crippen LogP contribution >= 0.6 is 0 Å². The number of aromatic nitrogens is 1. The van der Waals surface area contributed by atoms with E-state index in [9.17, 15) is 9.18 Å². The molecule has 1 saturated carbocycles. The predicted molar refractivity (Wildman–Crippen MR) is 112 cm³/mol. The van der Waals surface area contributed by atoms with E-state index in [0.29, 0.717) is 11.8 Å². The van der Waals surface area contributed by atoms with Crippen molar-refractivity contribution in [3.8, 4) is 0 Å². The van der Waals surface area contributed by atoms with Gasteiger partial charge in [0, 0.05) is 17.9 Å². The smallest absolute Gasteiger partial charge is 0.241 e. The molecule has 0 unspecified atom stereocenters. The summed E-state index contributed by atoms with van der Waals surface area (Å²) < 4.78 is 14.3. The molecule has 0 bridgehead atoms. The molecule has 1 saturated heterocycles. The molecule has 2 aromatic rings. The summed E-state index contributed by atoms with van der Waals surface area (Å²) in [7, 11) is 0. The first kappa shape index (κ1) is 20.0. The van der Waals surface area contributed by atoms with Gasteiger partial charge < -0.3 is 16.4 Å². The molecule has 5 nitrogen and oxygen atoms in total. The van der Waals surface area contributed by atoms with Crippen LogP contribution in [0.25, 0.3) is 0 Å². The van der Waals surface area contributed by atoms with Gasteiger partial charge in [0.1, 0.15) is 5.82 Å². The second kappa shape index (κ2) is 8.20. The van der Waals surface area contributed by atoms with Crippen LogP contribution in [-0.2, 0) is 16.8 Å². The fraction of sp³-hybridized carbons (Fsp3) is 0.478. The molecule has 0 spiro atoms. The van der Waals surface area contributed by atoms with Crippen molar-refractivity contribution >= 4 is 11.6 Å². The Kier molecular flexibility index (Phi) is 5.65. The lowest BCUT2D eigenvalue weighted by Crippen LogP contribution is -2.39. The Balaban J connectivity index is 1.45. The van der Waals surface area contributed by atoms with E-state index in [-0.39, 0.29) is 17.6 Å². The number of nitrogens with one attached hydrogen (secondary N) is 2. The van der Waals surface area contributed by atoms with E-state index in [1.54, 1.807) is 24.5 Å². The van der Waals surface area contributed by atoms with Gasteiger partial charge in [-0.1, -0.05) is 13.0 Å². The fourth-order valence-electron chi connectivity index (χ4n) is 4.35. The molecule has 154 valence electrons. The van der Waals surface area contributed by atoms with Crippen LogP contribution < -0.4 is 16.4 Å². The molecule has 4 N–H and O–H groups in total. The maximum atomic E-state index is 14.3. The topological polar surface area (TPSA) is 80.0 Å². The van der Waals surface area contributed by atoms with Crippen molar-refractivity contribution in [1.29, 1.82) is 0 Å². The highest BCUT2D eigenvalue weighted by molar-refractivity contribution is 5.95. The summed E-state index contributed by atoms with van der Waals surface area (Å²) >= 11 is 0. The number of halogens is 1. The number of amides is 1. The van der Waals surface area contributed by atoms with Gasteiger partial charge in [-0.25, -0.2) is 4.39 Å². The molecule has 1 amide bonds. The van der Waals surface area contributed by atoms with Crippen LogP contribution in [0.15, 0.2) is 42.7 Å². The standard InChI is InChI=1S/C23H29FN4O/c1-15-12-21(27-14-15)22(29)28-20-13-16(2-5-19(20)24)6-9-23(25,17-3-4-17)18-7-10-26-11-8-18/h2,5,7-8,10-11,13,15,17,21,27H,3-4,6,9,12,14,25H2,1H3,(H,28,29)/t15-,21-,23+/m1/s1. The monoisotopic (exact) mass is 396 g/mol. The Morgan fingerprint density at radius 2 is 2.07 bits per heavy atom. The second-order valence-corrected chi connectivity index (χ2v) is 8.66. The lowest BCUT2D eigenvalue weighted by molar-refractivity contribution is -0.117. The molecule has 3 atom stereocenters. The van der Waals surface area contributed by atoms with E-state index in [4.69, 9.17) is 5.73 Å². The molecule has 1 aromatic heterocycles. The summed E-state index contributed by atoms with van der Waals surface area (Å²) in [4.78, 5) is 16.6. The lowest BCUT2D eigenvalue weighted by Gasteiger charge is -2.30. The number of rotatable bonds is 7. The van der Waals surface area contributed by atoms with Crippen LogP contribution in [0.1, 0.15) is 43.7 Å². The minimum atomic E-state index is -0.413. The number of pyridine rings is 1. The Bertz CT molecular complexity index is 870. The summed E-state index contributed by atoms with van der Waals surface area (Å²) in [5.41, 5.74) is 8.76. The number of anilines is 1. The van der Waals surface area contributed by atoms with E-state index in [1.807, 2.05) is 12.1 Å². The summed E-state index contributed by atoms with van der Waals surface area (Å²) in [5.74, 6) is 0.340. The van der Waals surface area contributed by atoms with E-state index >= 15 is 0 Å². The third-order valence-corrected chi connectivity index (χ3v) is 6.31. The maximum Gasteiger partial charge on any atom is 0.241 e. The van der Waals surface area contributed by atoms with Gasteiger partial charge in [0.2, 0.25) is 5.91 Å². The van der Waals surface area contributed by atoms with Crippen molar-refractivity contribution < 1.29 is 9.18 Å². The zero-order chi connectivity index (χ0) is 20.4. The molecule has 4 rings (SSSR count). The van der Waals surface area contributed by atoms with Crippen molar-refractivity contribution in [2.24, 2.45) is 17.6 Å². The highest BCUT2D eigenvalue weighted by Crippen LogP contribution is 2.46. The van der Waals surface area contributed by atoms with Crippen molar-refractivity contribution in [2.75, 3.05) is 11.9 Å². The van der Waals surface area contributed by atoms with Crippen LogP contribution in [0.3, 0.4) is 0 Å². The van der Waals surface area contributed by atoms with Gasteiger partial charge in [-0.2, -0.15) is 0 Å². The van der Waals surface area contributed by atoms with Gasteiger partial charge >= 0.3 is 0 Å². The quantitative estimate of drug-likeness (QED) is 0.670. The van der Waals surface area contributed by atoms with Gasteiger partial charge in [0.25, 0.3) is 0 Å². The Morgan fingerprint density at radius 1 is 1.31 bits per heavy atom. The number of nitrogens with zero attached hydrogens (tertiary/aromatic N) is 1. The molecule has 2 fully saturated rings.